The van der Waals surface area contributed by atoms with E-state index in [-0.39, 0.29) is 30.7 Å². The molecule has 0 spiro atoms. The zero-order chi connectivity index (χ0) is 26.8. The van der Waals surface area contributed by atoms with Crippen LogP contribution in [0.3, 0.4) is 0 Å². The molecule has 5 N–H and O–H groups in total. The van der Waals surface area contributed by atoms with Gasteiger partial charge in [-0.3, -0.25) is 4.79 Å². The molecule has 3 aromatic carbocycles. The molecule has 0 saturated carbocycles. The summed E-state index contributed by atoms with van der Waals surface area (Å²) in [6.07, 6.45) is 0.197. The van der Waals surface area contributed by atoms with Crippen molar-refractivity contribution in [2.45, 2.75) is 45.1 Å². The van der Waals surface area contributed by atoms with Crippen LogP contribution in [-0.2, 0) is 30.8 Å². The highest BCUT2D eigenvalue weighted by atomic mass is 16.5. The predicted octanol–water partition coefficient (Wildman–Crippen LogP) is 3.01. The Morgan fingerprint density at radius 3 is 2.32 bits per heavy atom. The second-order valence-corrected chi connectivity index (χ2v) is 8.99. The maximum absolute atomic E-state index is 12.6. The second kappa shape index (κ2) is 13.6. The van der Waals surface area contributed by atoms with Gasteiger partial charge in [0.2, 0.25) is 5.91 Å². The number of phenols is 1. The molecule has 1 amide bonds. The van der Waals surface area contributed by atoms with E-state index in [1.165, 1.54) is 6.07 Å². The number of aromatic hydroxyl groups is 1. The van der Waals surface area contributed by atoms with Crippen molar-refractivity contribution in [2.75, 3.05) is 20.8 Å². The quantitative estimate of drug-likeness (QED) is 0.241. The topological polar surface area (TPSA) is 120 Å². The van der Waals surface area contributed by atoms with Gasteiger partial charge in [-0.05, 0) is 54.3 Å². The van der Waals surface area contributed by atoms with Crippen molar-refractivity contribution in [1.82, 2.24) is 10.6 Å². The third-order valence-electron chi connectivity index (χ3n) is 6.21. The van der Waals surface area contributed by atoms with E-state index >= 15 is 0 Å². The fraction of sp³-hybridized carbons (Fsp3) is 0.345. The number of hydrogen-bond acceptors (Lipinski definition) is 7. The summed E-state index contributed by atoms with van der Waals surface area (Å²) in [5.74, 6) is 1.23. The number of ether oxygens (including phenoxy) is 2. The highest BCUT2D eigenvalue weighted by Gasteiger charge is 2.14. The lowest BCUT2D eigenvalue weighted by Crippen LogP contribution is -2.32. The lowest BCUT2D eigenvalue weighted by molar-refractivity contribution is -0.120. The maximum atomic E-state index is 12.6. The normalized spacial score (nSPS) is 12.6. The SMILES string of the molecule is COc1cccc(OC)c1CNC(=O)Cc1cccc(CC(C)NCC(O)c2ccc(O)c(CO)c2)c1. The zero-order valence-corrected chi connectivity index (χ0v) is 21.5. The smallest absolute Gasteiger partial charge is 0.224 e. The van der Waals surface area contributed by atoms with Crippen molar-refractivity contribution in [3.05, 3.63) is 88.5 Å². The first-order valence-corrected chi connectivity index (χ1v) is 12.2. The minimum atomic E-state index is -0.773. The molecule has 2 atom stereocenters. The second-order valence-electron chi connectivity index (χ2n) is 8.99. The van der Waals surface area contributed by atoms with Crippen LogP contribution in [0.2, 0.25) is 0 Å². The van der Waals surface area contributed by atoms with Crippen molar-refractivity contribution in [3.8, 4) is 17.2 Å². The molecular weight excluding hydrogens is 472 g/mol. The van der Waals surface area contributed by atoms with Crippen molar-refractivity contribution in [3.63, 3.8) is 0 Å². The molecule has 0 fully saturated rings. The summed E-state index contributed by atoms with van der Waals surface area (Å²) in [6, 6.07) is 18.2. The number of methoxy groups -OCH3 is 2. The number of amides is 1. The molecule has 198 valence electrons. The molecule has 0 radical (unpaired) electrons. The van der Waals surface area contributed by atoms with Gasteiger partial charge in [-0.15, -0.1) is 0 Å². The van der Waals surface area contributed by atoms with Crippen LogP contribution in [0.5, 0.6) is 17.2 Å². The Morgan fingerprint density at radius 1 is 0.973 bits per heavy atom. The van der Waals surface area contributed by atoms with Crippen LogP contribution in [0.25, 0.3) is 0 Å². The van der Waals surface area contributed by atoms with Gasteiger partial charge < -0.3 is 35.4 Å². The van der Waals surface area contributed by atoms with Crippen LogP contribution in [0.4, 0.5) is 0 Å². The molecule has 0 aliphatic carbocycles. The number of rotatable bonds is 13. The number of aliphatic hydroxyl groups is 2. The van der Waals surface area contributed by atoms with E-state index in [2.05, 4.69) is 10.6 Å². The molecule has 8 nitrogen and oxygen atoms in total. The molecule has 0 bridgehead atoms. The van der Waals surface area contributed by atoms with Crippen molar-refractivity contribution >= 4 is 5.91 Å². The molecule has 37 heavy (non-hydrogen) atoms. The van der Waals surface area contributed by atoms with E-state index in [0.29, 0.717) is 35.7 Å². The van der Waals surface area contributed by atoms with Crippen LogP contribution < -0.4 is 20.1 Å². The summed E-state index contributed by atoms with van der Waals surface area (Å²) < 4.78 is 10.8. The highest BCUT2D eigenvalue weighted by molar-refractivity contribution is 5.78. The Balaban J connectivity index is 1.51. The Hall–Kier alpha value is -3.59. The lowest BCUT2D eigenvalue weighted by Gasteiger charge is -2.18. The molecule has 0 heterocycles. The van der Waals surface area contributed by atoms with Gasteiger partial charge >= 0.3 is 0 Å². The number of benzene rings is 3. The summed E-state index contributed by atoms with van der Waals surface area (Å²) in [6.45, 7) is 2.36. The molecule has 0 aromatic heterocycles. The van der Waals surface area contributed by atoms with Gasteiger partial charge in [0.25, 0.3) is 0 Å². The van der Waals surface area contributed by atoms with Gasteiger partial charge in [0.05, 0.1) is 45.5 Å². The minimum absolute atomic E-state index is 0.00728. The molecule has 8 heteroatoms. The number of aliphatic hydroxyl groups excluding tert-OH is 2. The Kier molecular flexibility index (Phi) is 10.3. The largest absolute Gasteiger partial charge is 0.508 e. The average Bonchev–Trinajstić information content (AvgIpc) is 2.90. The Labute approximate surface area is 217 Å². The Morgan fingerprint density at radius 2 is 1.65 bits per heavy atom. The van der Waals surface area contributed by atoms with Crippen molar-refractivity contribution < 1.29 is 29.6 Å². The van der Waals surface area contributed by atoms with E-state index < -0.39 is 6.10 Å². The molecule has 3 rings (SSSR count). The number of hydrogen-bond donors (Lipinski definition) is 5. The standard InChI is InChI=1S/C29H36N2O6/c1-19(30-17-26(34)22-10-11-25(33)23(15-22)18-32)12-20-6-4-7-21(13-20)14-29(35)31-16-24-27(36-2)8-5-9-28(24)37-3/h4-11,13,15,19,26,30,32-34H,12,14,16-18H2,1-3H3,(H,31,35). The third-order valence-corrected chi connectivity index (χ3v) is 6.21. The van der Waals surface area contributed by atoms with Crippen molar-refractivity contribution in [1.29, 1.82) is 0 Å². The summed E-state index contributed by atoms with van der Waals surface area (Å²) in [5.41, 5.74) is 3.79. The monoisotopic (exact) mass is 508 g/mol. The van der Waals surface area contributed by atoms with E-state index in [1.807, 2.05) is 49.4 Å². The van der Waals surface area contributed by atoms with E-state index in [0.717, 1.165) is 23.1 Å². The fourth-order valence-electron chi connectivity index (χ4n) is 4.20. The maximum Gasteiger partial charge on any atom is 0.224 e. The van der Waals surface area contributed by atoms with Gasteiger partial charge in [-0.2, -0.15) is 0 Å². The van der Waals surface area contributed by atoms with Crippen LogP contribution in [0.1, 0.15) is 40.8 Å². The van der Waals surface area contributed by atoms with Crippen LogP contribution in [0, 0.1) is 0 Å². The molecular formula is C29H36N2O6. The summed E-state index contributed by atoms with van der Waals surface area (Å²) >= 11 is 0. The van der Waals surface area contributed by atoms with E-state index in [1.54, 1.807) is 26.4 Å². The first kappa shape index (κ1) is 28.0. The first-order valence-electron chi connectivity index (χ1n) is 12.2. The molecule has 3 aromatic rings. The predicted molar refractivity (Wildman–Crippen MR) is 142 cm³/mol. The van der Waals surface area contributed by atoms with Gasteiger partial charge in [0.15, 0.2) is 0 Å². The number of carbonyl (C=O) groups excluding carboxylic acids is 1. The van der Waals surface area contributed by atoms with Crippen LogP contribution in [0.15, 0.2) is 60.7 Å². The highest BCUT2D eigenvalue weighted by Crippen LogP contribution is 2.28. The zero-order valence-electron chi connectivity index (χ0n) is 21.5. The van der Waals surface area contributed by atoms with Crippen LogP contribution >= 0.6 is 0 Å². The summed E-state index contributed by atoms with van der Waals surface area (Å²) in [5, 5.41) is 35.8. The van der Waals surface area contributed by atoms with E-state index in [9.17, 15) is 20.1 Å². The fourth-order valence-corrected chi connectivity index (χ4v) is 4.20. The third kappa shape index (κ3) is 7.95. The Bertz CT molecular complexity index is 1160. The molecule has 0 aliphatic heterocycles. The summed E-state index contributed by atoms with van der Waals surface area (Å²) in [7, 11) is 3.17. The van der Waals surface area contributed by atoms with Gasteiger partial charge in [-0.25, -0.2) is 0 Å². The van der Waals surface area contributed by atoms with Gasteiger partial charge in [-0.1, -0.05) is 36.4 Å². The van der Waals surface area contributed by atoms with Crippen LogP contribution in [-0.4, -0.2) is 48.0 Å². The first-order chi connectivity index (χ1) is 17.8. The van der Waals surface area contributed by atoms with E-state index in [4.69, 9.17) is 9.47 Å². The molecule has 0 aliphatic rings. The van der Waals surface area contributed by atoms with Crippen molar-refractivity contribution in [2.24, 2.45) is 0 Å². The number of carbonyl (C=O) groups is 1. The average molecular weight is 509 g/mol. The summed E-state index contributed by atoms with van der Waals surface area (Å²) in [4.78, 5) is 12.6. The number of nitrogens with one attached hydrogen (secondary N) is 2. The molecule has 2 unspecified atom stereocenters. The molecule has 0 saturated heterocycles. The van der Waals surface area contributed by atoms with Gasteiger partial charge in [0.1, 0.15) is 17.2 Å². The minimum Gasteiger partial charge on any atom is -0.508 e. The van der Waals surface area contributed by atoms with Gasteiger partial charge in [0, 0.05) is 18.2 Å². The lowest BCUT2D eigenvalue weighted by atomic mass is 10.0.